The Morgan fingerprint density at radius 3 is 2.07 bits per heavy atom. The lowest BCUT2D eigenvalue weighted by molar-refractivity contribution is -0.130. The Hall–Kier alpha value is -3.11. The van der Waals surface area contributed by atoms with Gasteiger partial charge in [-0.3, -0.25) is 0 Å². The van der Waals surface area contributed by atoms with E-state index in [1.807, 2.05) is 31.2 Å². The van der Waals surface area contributed by atoms with Crippen molar-refractivity contribution in [3.05, 3.63) is 78.9 Å². The summed E-state index contributed by atoms with van der Waals surface area (Å²) >= 11 is 0. The molecule has 140 valence electrons. The first-order valence-electron chi connectivity index (χ1n) is 8.47. The van der Waals surface area contributed by atoms with Crippen molar-refractivity contribution in [3.8, 4) is 22.6 Å². The van der Waals surface area contributed by atoms with Crippen LogP contribution in [0, 0.1) is 0 Å². The molecular weight excluding hydrogens is 340 g/mol. The molecule has 2 rings (SSSR count). The Kier molecular flexibility index (Phi) is 6.37. The van der Waals surface area contributed by atoms with Crippen molar-refractivity contribution >= 4 is 11.5 Å². The zero-order valence-electron chi connectivity index (χ0n) is 15.9. The van der Waals surface area contributed by atoms with Gasteiger partial charge in [0.25, 0.3) is 0 Å². The fourth-order valence-electron chi connectivity index (χ4n) is 2.33. The topological polar surface area (TPSA) is 55.8 Å². The molecule has 2 aromatic carbocycles. The number of aliphatic hydroxyl groups excluding tert-OH is 1. The molecule has 0 spiro atoms. The highest BCUT2D eigenvalue weighted by Crippen LogP contribution is 2.33. The summed E-state index contributed by atoms with van der Waals surface area (Å²) in [5.41, 5.74) is 4.52. The maximum absolute atomic E-state index is 11.6. The molecule has 2 aromatic rings. The zero-order valence-corrected chi connectivity index (χ0v) is 15.9. The van der Waals surface area contributed by atoms with Gasteiger partial charge in [0, 0.05) is 5.57 Å². The van der Waals surface area contributed by atoms with Crippen molar-refractivity contribution in [3.63, 3.8) is 0 Å². The molecule has 0 saturated heterocycles. The summed E-state index contributed by atoms with van der Waals surface area (Å²) < 4.78 is 10.7. The van der Waals surface area contributed by atoms with Crippen molar-refractivity contribution in [2.45, 2.75) is 27.1 Å². The number of carbonyl (C=O) groups excluding carboxylic acids is 1. The second kappa shape index (κ2) is 8.52. The monoisotopic (exact) mass is 364 g/mol. The van der Waals surface area contributed by atoms with Crippen LogP contribution in [0.2, 0.25) is 0 Å². The van der Waals surface area contributed by atoms with E-state index in [0.717, 1.165) is 22.3 Å². The summed E-state index contributed by atoms with van der Waals surface area (Å²) in [5, 5.41) is 9.85. The molecule has 1 atom stereocenters. The first kappa shape index (κ1) is 20.2. The molecule has 0 aliphatic carbocycles. The van der Waals surface area contributed by atoms with Crippen molar-refractivity contribution in [2.24, 2.45) is 0 Å². The second-order valence-corrected chi connectivity index (χ2v) is 6.50. The molecule has 0 saturated carbocycles. The highest BCUT2D eigenvalue weighted by molar-refractivity contribution is 5.89. The van der Waals surface area contributed by atoms with Gasteiger partial charge in [-0.15, -0.1) is 0 Å². The van der Waals surface area contributed by atoms with Crippen LogP contribution < -0.4 is 9.47 Å². The average molecular weight is 364 g/mol. The third kappa shape index (κ3) is 5.19. The van der Waals surface area contributed by atoms with Gasteiger partial charge in [0.05, 0.1) is 0 Å². The lowest BCUT2D eigenvalue weighted by Crippen LogP contribution is -2.16. The Morgan fingerprint density at radius 2 is 1.56 bits per heavy atom. The largest absolute Gasteiger partial charge is 0.461 e. The third-order valence-electron chi connectivity index (χ3n) is 3.84. The highest BCUT2D eigenvalue weighted by Gasteiger charge is 2.12. The SMILES string of the molecule is C=C(C)C(=O)Oc1ccc(-c2ccc(OC(O)C(=C)C)cc2C(=C)C)cc1. The van der Waals surface area contributed by atoms with Crippen LogP contribution in [-0.4, -0.2) is 17.4 Å². The molecule has 4 nitrogen and oxygen atoms in total. The first-order valence-corrected chi connectivity index (χ1v) is 8.47. The number of aliphatic hydroxyl groups is 1. The standard InChI is InChI=1S/C23H24O4/c1-14(2)21-13-19(27-23(25)16(5)6)11-12-20(21)17-7-9-18(10-8-17)26-22(24)15(3)4/h7-13,23,25H,1,3,5H2,2,4,6H3. The Balaban J connectivity index is 2.31. The van der Waals surface area contributed by atoms with Crippen molar-refractivity contribution in [1.29, 1.82) is 0 Å². The van der Waals surface area contributed by atoms with Crippen LogP contribution in [0.3, 0.4) is 0 Å². The van der Waals surface area contributed by atoms with E-state index >= 15 is 0 Å². The van der Waals surface area contributed by atoms with Crippen LogP contribution in [0.25, 0.3) is 16.7 Å². The van der Waals surface area contributed by atoms with E-state index in [9.17, 15) is 9.90 Å². The molecule has 0 fully saturated rings. The summed E-state index contributed by atoms with van der Waals surface area (Å²) in [6.45, 7) is 16.5. The van der Waals surface area contributed by atoms with Gasteiger partial charge in [-0.05, 0) is 67.3 Å². The van der Waals surface area contributed by atoms with Crippen LogP contribution >= 0.6 is 0 Å². The summed E-state index contributed by atoms with van der Waals surface area (Å²) in [6.07, 6.45) is -1.06. The molecule has 0 radical (unpaired) electrons. The predicted molar refractivity (Wildman–Crippen MR) is 108 cm³/mol. The molecule has 4 heteroatoms. The predicted octanol–water partition coefficient (Wildman–Crippen LogP) is 5.14. The van der Waals surface area contributed by atoms with Crippen molar-refractivity contribution < 1.29 is 19.4 Å². The van der Waals surface area contributed by atoms with Gasteiger partial charge in [0.15, 0.2) is 0 Å². The minimum Gasteiger partial charge on any atom is -0.461 e. The highest BCUT2D eigenvalue weighted by atomic mass is 16.6. The Bertz CT molecular complexity index is 891. The van der Waals surface area contributed by atoms with E-state index in [4.69, 9.17) is 9.47 Å². The van der Waals surface area contributed by atoms with Gasteiger partial charge < -0.3 is 14.6 Å². The molecule has 0 aliphatic rings. The van der Waals surface area contributed by atoms with Gasteiger partial charge in [-0.2, -0.15) is 0 Å². The maximum Gasteiger partial charge on any atom is 0.338 e. The Labute approximate surface area is 160 Å². The number of esters is 1. The lowest BCUT2D eigenvalue weighted by atomic mass is 9.95. The van der Waals surface area contributed by atoms with Gasteiger partial charge in [-0.1, -0.05) is 43.5 Å². The Morgan fingerprint density at radius 1 is 0.963 bits per heavy atom. The molecular formula is C23H24O4. The molecule has 0 aromatic heterocycles. The summed E-state index contributed by atoms with van der Waals surface area (Å²) in [5.74, 6) is 0.523. The minimum atomic E-state index is -1.06. The number of rotatable bonds is 7. The fraction of sp³-hybridized carbons (Fsp3) is 0.174. The molecule has 0 heterocycles. The average Bonchev–Trinajstić information content (AvgIpc) is 2.62. The van der Waals surface area contributed by atoms with Gasteiger partial charge in [0.2, 0.25) is 6.29 Å². The summed E-state index contributed by atoms with van der Waals surface area (Å²) in [4.78, 5) is 11.6. The lowest BCUT2D eigenvalue weighted by Gasteiger charge is -2.16. The van der Waals surface area contributed by atoms with Gasteiger partial charge in [0.1, 0.15) is 11.5 Å². The van der Waals surface area contributed by atoms with E-state index in [1.165, 1.54) is 0 Å². The molecule has 0 aliphatic heterocycles. The smallest absolute Gasteiger partial charge is 0.338 e. The van der Waals surface area contributed by atoms with E-state index in [0.29, 0.717) is 22.6 Å². The van der Waals surface area contributed by atoms with E-state index < -0.39 is 12.3 Å². The van der Waals surface area contributed by atoms with Gasteiger partial charge >= 0.3 is 5.97 Å². The summed E-state index contributed by atoms with van der Waals surface area (Å²) in [6, 6.07) is 12.7. The van der Waals surface area contributed by atoms with Gasteiger partial charge in [-0.25, -0.2) is 4.79 Å². The van der Waals surface area contributed by atoms with E-state index in [-0.39, 0.29) is 0 Å². The quantitative estimate of drug-likeness (QED) is 0.243. The molecule has 0 amide bonds. The number of carbonyl (C=O) groups is 1. The zero-order chi connectivity index (χ0) is 20.1. The fourth-order valence-corrected chi connectivity index (χ4v) is 2.33. The maximum atomic E-state index is 11.6. The third-order valence-corrected chi connectivity index (χ3v) is 3.84. The molecule has 0 bridgehead atoms. The first-order chi connectivity index (χ1) is 12.7. The molecule has 27 heavy (non-hydrogen) atoms. The number of ether oxygens (including phenoxy) is 2. The van der Waals surface area contributed by atoms with Crippen molar-refractivity contribution in [1.82, 2.24) is 0 Å². The number of allylic oxidation sites excluding steroid dienone is 1. The number of hydrogen-bond donors (Lipinski definition) is 1. The van der Waals surface area contributed by atoms with E-state index in [1.54, 1.807) is 32.0 Å². The minimum absolute atomic E-state index is 0.344. The van der Waals surface area contributed by atoms with Crippen LogP contribution in [0.15, 0.2) is 73.3 Å². The van der Waals surface area contributed by atoms with Crippen LogP contribution in [0.1, 0.15) is 26.3 Å². The second-order valence-electron chi connectivity index (χ2n) is 6.50. The van der Waals surface area contributed by atoms with Crippen LogP contribution in [0.5, 0.6) is 11.5 Å². The van der Waals surface area contributed by atoms with Crippen LogP contribution in [-0.2, 0) is 4.79 Å². The number of hydrogen-bond acceptors (Lipinski definition) is 4. The normalized spacial score (nSPS) is 11.4. The summed E-state index contributed by atoms with van der Waals surface area (Å²) in [7, 11) is 0. The van der Waals surface area contributed by atoms with Crippen LogP contribution in [0.4, 0.5) is 0 Å². The number of benzene rings is 2. The molecule has 1 N–H and O–H groups in total. The molecule has 1 unspecified atom stereocenters. The van der Waals surface area contributed by atoms with Crippen molar-refractivity contribution in [2.75, 3.05) is 0 Å². The van der Waals surface area contributed by atoms with E-state index in [2.05, 4.69) is 19.7 Å².